The number of fused-ring (bicyclic) bond motifs is 1. The zero-order valence-corrected chi connectivity index (χ0v) is 15.3. The molecule has 2 amide bonds. The molecular weight excluding hydrogens is 372 g/mol. The average molecular weight is 388 g/mol. The van der Waals surface area contributed by atoms with Gasteiger partial charge in [-0.25, -0.2) is 17.5 Å². The third-order valence-corrected chi connectivity index (χ3v) is 6.07. The van der Waals surface area contributed by atoms with Crippen LogP contribution in [0.2, 0.25) is 0 Å². The maximum absolute atomic E-state index is 12.6. The number of ether oxygens (including phenoxy) is 1. The second-order valence-electron chi connectivity index (χ2n) is 5.84. The summed E-state index contributed by atoms with van der Waals surface area (Å²) < 4.78 is 30.4. The van der Waals surface area contributed by atoms with Crippen LogP contribution in [0, 0.1) is 0 Å². The molecule has 1 heterocycles. The molecule has 1 N–H and O–H groups in total. The van der Waals surface area contributed by atoms with E-state index < -0.39 is 33.8 Å². The molecule has 2 aromatic carbocycles. The highest BCUT2D eigenvalue weighted by atomic mass is 32.2. The van der Waals surface area contributed by atoms with E-state index in [4.69, 9.17) is 0 Å². The maximum atomic E-state index is 12.6. The summed E-state index contributed by atoms with van der Waals surface area (Å²) >= 11 is 0. The van der Waals surface area contributed by atoms with Gasteiger partial charge in [-0.05, 0) is 43.3 Å². The highest BCUT2D eigenvalue weighted by molar-refractivity contribution is 7.90. The molecule has 0 fully saturated rings. The van der Waals surface area contributed by atoms with Crippen LogP contribution < -0.4 is 5.32 Å². The highest BCUT2D eigenvalue weighted by Crippen LogP contribution is 2.31. The molecule has 1 aliphatic rings. The Morgan fingerprint density at radius 2 is 1.70 bits per heavy atom. The van der Waals surface area contributed by atoms with Crippen LogP contribution in [0.5, 0.6) is 0 Å². The summed E-state index contributed by atoms with van der Waals surface area (Å²) in [6.45, 7) is 1.33. The molecule has 0 radical (unpaired) electrons. The monoisotopic (exact) mass is 388 g/mol. The number of carbonyl (C=O) groups excluding carboxylic acids is 3. The normalized spacial score (nSPS) is 15.8. The van der Waals surface area contributed by atoms with Crippen LogP contribution in [0.1, 0.15) is 27.6 Å². The van der Waals surface area contributed by atoms with Crippen LogP contribution in [0.3, 0.4) is 0 Å². The first-order valence-electron chi connectivity index (χ1n) is 7.94. The van der Waals surface area contributed by atoms with E-state index in [0.29, 0.717) is 15.6 Å². The van der Waals surface area contributed by atoms with Crippen molar-refractivity contribution in [2.45, 2.75) is 17.9 Å². The van der Waals surface area contributed by atoms with Crippen molar-refractivity contribution in [1.29, 1.82) is 0 Å². The van der Waals surface area contributed by atoms with E-state index in [1.54, 1.807) is 6.07 Å². The first-order valence-corrected chi connectivity index (χ1v) is 9.38. The third-order valence-electron chi connectivity index (χ3n) is 4.16. The number of nitrogens with zero attached hydrogens (tertiary/aromatic N) is 1. The van der Waals surface area contributed by atoms with Crippen molar-refractivity contribution < 1.29 is 27.5 Å². The van der Waals surface area contributed by atoms with Crippen LogP contribution in [0.4, 0.5) is 5.69 Å². The van der Waals surface area contributed by atoms with Gasteiger partial charge in [0.1, 0.15) is 10.9 Å². The molecule has 0 spiro atoms. The lowest BCUT2D eigenvalue weighted by molar-refractivity contribution is -0.118. The Kier molecular flexibility index (Phi) is 4.71. The Morgan fingerprint density at radius 1 is 1.07 bits per heavy atom. The van der Waals surface area contributed by atoms with E-state index in [-0.39, 0.29) is 10.5 Å². The largest absolute Gasteiger partial charge is 0.465 e. The smallest absolute Gasteiger partial charge is 0.337 e. The number of rotatable bonds is 4. The lowest BCUT2D eigenvalue weighted by Gasteiger charge is -2.22. The SMILES string of the molecule is COC(=O)c1ccc(NC(=O)[C@@H](C)N2C(=O)c3ccccc3S2(=O)=O)cc1. The molecule has 2 aromatic rings. The zero-order chi connectivity index (χ0) is 19.8. The number of carbonyl (C=O) groups is 3. The minimum atomic E-state index is -4.09. The standard InChI is InChI=1S/C18H16N2O6S/c1-11(16(21)19-13-9-7-12(8-10-13)18(23)26-2)20-17(22)14-5-3-4-6-15(14)27(20,24)25/h3-11H,1-2H3,(H,19,21)/t11-/m1/s1. The summed E-state index contributed by atoms with van der Waals surface area (Å²) in [4.78, 5) is 36.3. The maximum Gasteiger partial charge on any atom is 0.337 e. The Balaban J connectivity index is 1.80. The molecule has 3 rings (SSSR count). The number of hydrogen-bond donors (Lipinski definition) is 1. The third kappa shape index (κ3) is 3.17. The van der Waals surface area contributed by atoms with Crippen molar-refractivity contribution in [3.05, 3.63) is 59.7 Å². The van der Waals surface area contributed by atoms with Crippen molar-refractivity contribution in [2.24, 2.45) is 0 Å². The fourth-order valence-electron chi connectivity index (χ4n) is 2.75. The summed E-state index contributed by atoms with van der Waals surface area (Å²) in [6, 6.07) is 10.4. The first-order chi connectivity index (χ1) is 12.8. The lowest BCUT2D eigenvalue weighted by Crippen LogP contribution is -2.45. The van der Waals surface area contributed by atoms with E-state index in [1.165, 1.54) is 56.5 Å². The number of benzene rings is 2. The second kappa shape index (κ2) is 6.84. The molecule has 1 atom stereocenters. The second-order valence-corrected chi connectivity index (χ2v) is 7.62. The fraction of sp³-hybridized carbons (Fsp3) is 0.167. The van der Waals surface area contributed by atoms with E-state index in [2.05, 4.69) is 10.1 Å². The van der Waals surface area contributed by atoms with E-state index in [1.807, 2.05) is 0 Å². The Hall–Kier alpha value is -3.20. The summed E-state index contributed by atoms with van der Waals surface area (Å²) in [5.74, 6) is -1.94. The first kappa shape index (κ1) is 18.6. The predicted molar refractivity (Wildman–Crippen MR) is 95.7 cm³/mol. The Labute approximate surface area is 155 Å². The Bertz CT molecular complexity index is 1030. The van der Waals surface area contributed by atoms with Gasteiger partial charge in [0, 0.05) is 5.69 Å². The van der Waals surface area contributed by atoms with Crippen LogP contribution in [0.15, 0.2) is 53.4 Å². The van der Waals surface area contributed by atoms with Crippen molar-refractivity contribution in [2.75, 3.05) is 12.4 Å². The number of esters is 1. The lowest BCUT2D eigenvalue weighted by atomic mass is 10.2. The predicted octanol–water partition coefficient (Wildman–Crippen LogP) is 1.64. The van der Waals surface area contributed by atoms with Crippen molar-refractivity contribution >= 4 is 33.5 Å². The minimum absolute atomic E-state index is 0.0413. The number of hydrogen-bond acceptors (Lipinski definition) is 6. The molecule has 9 heteroatoms. The van der Waals surface area contributed by atoms with Gasteiger partial charge >= 0.3 is 5.97 Å². The molecule has 8 nitrogen and oxygen atoms in total. The van der Waals surface area contributed by atoms with Gasteiger partial charge in [0.2, 0.25) is 5.91 Å². The summed E-state index contributed by atoms with van der Waals surface area (Å²) in [6.07, 6.45) is 0. The van der Waals surface area contributed by atoms with Gasteiger partial charge in [-0.2, -0.15) is 0 Å². The summed E-state index contributed by atoms with van der Waals surface area (Å²) in [7, 11) is -2.84. The number of sulfonamides is 1. The molecule has 0 aliphatic carbocycles. The minimum Gasteiger partial charge on any atom is -0.465 e. The molecule has 27 heavy (non-hydrogen) atoms. The van der Waals surface area contributed by atoms with Gasteiger partial charge in [0.25, 0.3) is 15.9 Å². The molecule has 1 aliphatic heterocycles. The summed E-state index contributed by atoms with van der Waals surface area (Å²) in [5.41, 5.74) is 0.692. The number of anilines is 1. The molecule has 0 saturated heterocycles. The van der Waals surface area contributed by atoms with E-state index >= 15 is 0 Å². The number of nitrogens with one attached hydrogen (secondary N) is 1. The zero-order valence-electron chi connectivity index (χ0n) is 14.5. The van der Waals surface area contributed by atoms with Gasteiger partial charge in [-0.15, -0.1) is 0 Å². The Morgan fingerprint density at radius 3 is 2.30 bits per heavy atom. The van der Waals surface area contributed by atoms with Crippen LogP contribution in [-0.4, -0.2) is 43.7 Å². The van der Waals surface area contributed by atoms with Gasteiger partial charge in [0.15, 0.2) is 0 Å². The molecule has 0 aromatic heterocycles. The molecule has 140 valence electrons. The highest BCUT2D eigenvalue weighted by Gasteiger charge is 2.45. The van der Waals surface area contributed by atoms with Crippen molar-refractivity contribution in [1.82, 2.24) is 4.31 Å². The van der Waals surface area contributed by atoms with E-state index in [9.17, 15) is 22.8 Å². The number of amides is 2. The van der Waals surface area contributed by atoms with Gasteiger partial charge in [-0.1, -0.05) is 12.1 Å². The topological polar surface area (TPSA) is 110 Å². The van der Waals surface area contributed by atoms with Gasteiger partial charge < -0.3 is 10.1 Å². The molecule has 0 unspecified atom stereocenters. The molecule has 0 saturated carbocycles. The van der Waals surface area contributed by atoms with Crippen LogP contribution >= 0.6 is 0 Å². The number of methoxy groups -OCH3 is 1. The quantitative estimate of drug-likeness (QED) is 0.798. The van der Waals surface area contributed by atoms with Crippen molar-refractivity contribution in [3.8, 4) is 0 Å². The molecular formula is C18H16N2O6S. The van der Waals surface area contributed by atoms with Crippen LogP contribution in [0.25, 0.3) is 0 Å². The fourth-order valence-corrected chi connectivity index (χ4v) is 4.47. The average Bonchev–Trinajstić information content (AvgIpc) is 2.87. The van der Waals surface area contributed by atoms with Gasteiger partial charge in [-0.3, -0.25) is 9.59 Å². The summed E-state index contributed by atoms with van der Waals surface area (Å²) in [5, 5.41) is 2.54. The van der Waals surface area contributed by atoms with Crippen LogP contribution in [-0.2, 0) is 19.6 Å². The molecule has 0 bridgehead atoms. The van der Waals surface area contributed by atoms with Gasteiger partial charge in [0.05, 0.1) is 18.2 Å². The van der Waals surface area contributed by atoms with E-state index in [0.717, 1.165) is 0 Å². The van der Waals surface area contributed by atoms with Crippen molar-refractivity contribution in [3.63, 3.8) is 0 Å².